The first-order chi connectivity index (χ1) is 14.9. The van der Waals surface area contributed by atoms with Crippen molar-refractivity contribution < 1.29 is 0 Å². The normalized spacial score (nSPS) is 25.5. The maximum atomic E-state index is 2.54. The molecule has 0 aliphatic heterocycles. The summed E-state index contributed by atoms with van der Waals surface area (Å²) in [5, 5.41) is 2.84. The molecule has 3 atom stereocenters. The zero-order valence-electron chi connectivity index (χ0n) is 17.2. The zero-order chi connectivity index (χ0) is 19.9. The number of hydrogen-bond donors (Lipinski definition) is 0. The highest BCUT2D eigenvalue weighted by atomic mass is 14.3. The maximum Gasteiger partial charge on any atom is 0.0125 e. The molecule has 4 aliphatic carbocycles. The SMILES string of the molecule is C1=CC2C=Cc3c(cc(-c4ccccc4)c4c3=CCC(C3=CCCC=C3)C=4)C2C=C1. The average Bonchev–Trinajstić information content (AvgIpc) is 2.84. The summed E-state index contributed by atoms with van der Waals surface area (Å²) in [5.74, 6) is 1.40. The van der Waals surface area contributed by atoms with E-state index in [0.29, 0.717) is 17.8 Å². The van der Waals surface area contributed by atoms with Gasteiger partial charge in [0.2, 0.25) is 0 Å². The highest BCUT2D eigenvalue weighted by Gasteiger charge is 2.26. The van der Waals surface area contributed by atoms with Gasteiger partial charge in [-0.25, -0.2) is 0 Å². The average molecular weight is 387 g/mol. The summed E-state index contributed by atoms with van der Waals surface area (Å²) in [6.45, 7) is 0. The lowest BCUT2D eigenvalue weighted by molar-refractivity contribution is 0.690. The second-order valence-electron chi connectivity index (χ2n) is 8.75. The van der Waals surface area contributed by atoms with Gasteiger partial charge in [0.25, 0.3) is 0 Å². The van der Waals surface area contributed by atoms with Crippen LogP contribution in [0.15, 0.2) is 90.6 Å². The quantitative estimate of drug-likeness (QED) is 0.588. The molecule has 0 amide bonds. The lowest BCUT2D eigenvalue weighted by Gasteiger charge is -2.30. The van der Waals surface area contributed by atoms with Crippen LogP contribution in [0.25, 0.3) is 29.4 Å². The van der Waals surface area contributed by atoms with Crippen molar-refractivity contribution in [2.45, 2.75) is 25.2 Å². The van der Waals surface area contributed by atoms with Gasteiger partial charge in [-0.2, -0.15) is 0 Å². The summed E-state index contributed by atoms with van der Waals surface area (Å²) in [6, 6.07) is 13.4. The molecule has 30 heavy (non-hydrogen) atoms. The fraction of sp³-hybridized carbons (Fsp3) is 0.200. The first-order valence-corrected chi connectivity index (χ1v) is 11.2. The van der Waals surface area contributed by atoms with Crippen LogP contribution in [-0.4, -0.2) is 0 Å². The molecule has 0 spiro atoms. The fourth-order valence-electron chi connectivity index (χ4n) is 5.46. The van der Waals surface area contributed by atoms with Crippen LogP contribution >= 0.6 is 0 Å². The molecular weight excluding hydrogens is 360 g/mol. The van der Waals surface area contributed by atoms with E-state index in [2.05, 4.69) is 103 Å². The van der Waals surface area contributed by atoms with Gasteiger partial charge in [0.05, 0.1) is 0 Å². The van der Waals surface area contributed by atoms with Crippen molar-refractivity contribution in [2.24, 2.45) is 11.8 Å². The van der Waals surface area contributed by atoms with Gasteiger partial charge in [0, 0.05) is 17.8 Å². The lowest BCUT2D eigenvalue weighted by atomic mass is 9.74. The third kappa shape index (κ3) is 2.91. The molecule has 0 aromatic heterocycles. The second kappa shape index (κ2) is 7.29. The molecule has 0 bridgehead atoms. The third-order valence-electron chi connectivity index (χ3n) is 6.98. The van der Waals surface area contributed by atoms with Gasteiger partial charge in [0.15, 0.2) is 0 Å². The lowest BCUT2D eigenvalue weighted by Crippen LogP contribution is -2.36. The van der Waals surface area contributed by atoms with E-state index in [1.165, 1.54) is 51.1 Å². The minimum absolute atomic E-state index is 0.442. The van der Waals surface area contributed by atoms with Crippen LogP contribution in [0.1, 0.15) is 36.3 Å². The van der Waals surface area contributed by atoms with Crippen molar-refractivity contribution in [2.75, 3.05) is 0 Å². The van der Waals surface area contributed by atoms with E-state index in [4.69, 9.17) is 0 Å². The Morgan fingerprint density at radius 2 is 1.70 bits per heavy atom. The first-order valence-electron chi connectivity index (χ1n) is 11.2. The van der Waals surface area contributed by atoms with Crippen LogP contribution in [0.5, 0.6) is 0 Å². The summed E-state index contributed by atoms with van der Waals surface area (Å²) in [4.78, 5) is 0. The molecule has 0 saturated heterocycles. The smallest absolute Gasteiger partial charge is 0.0125 e. The molecule has 0 fully saturated rings. The standard InChI is InChI=1S/C30H26/c1-3-9-21(10-4-1)24-16-18-26-27-17-15-23-13-7-8-14-25(23)30(27)20-28(29(26)19-24)22-11-5-2-6-12-22/h2-3,5-15,17-20,23-25H,1,4,16H2. The van der Waals surface area contributed by atoms with E-state index in [9.17, 15) is 0 Å². The van der Waals surface area contributed by atoms with Crippen molar-refractivity contribution in [1.82, 2.24) is 0 Å². The van der Waals surface area contributed by atoms with E-state index in [-0.39, 0.29) is 0 Å². The summed E-state index contributed by atoms with van der Waals surface area (Å²) in [7, 11) is 0. The molecule has 0 nitrogen and oxygen atoms in total. The zero-order valence-corrected chi connectivity index (χ0v) is 17.2. The van der Waals surface area contributed by atoms with E-state index >= 15 is 0 Å². The van der Waals surface area contributed by atoms with E-state index < -0.39 is 0 Å². The molecule has 4 aliphatic rings. The molecule has 0 heterocycles. The Labute approximate surface area is 178 Å². The topological polar surface area (TPSA) is 0 Å². The number of rotatable bonds is 2. The fourth-order valence-corrected chi connectivity index (χ4v) is 5.46. The Hall–Kier alpha value is -3.12. The van der Waals surface area contributed by atoms with Crippen LogP contribution in [0.3, 0.4) is 0 Å². The molecule has 146 valence electrons. The third-order valence-corrected chi connectivity index (χ3v) is 6.98. The number of hydrogen-bond acceptors (Lipinski definition) is 0. The van der Waals surface area contributed by atoms with Gasteiger partial charge in [-0.15, -0.1) is 0 Å². The van der Waals surface area contributed by atoms with E-state index in [1.54, 1.807) is 0 Å². The largest absolute Gasteiger partial charge is 0.0839 e. The highest BCUT2D eigenvalue weighted by molar-refractivity contribution is 5.74. The summed E-state index contributed by atoms with van der Waals surface area (Å²) >= 11 is 0. The number of benzene rings is 2. The van der Waals surface area contributed by atoms with E-state index in [1.807, 2.05) is 0 Å². The van der Waals surface area contributed by atoms with Crippen molar-refractivity contribution >= 4 is 18.2 Å². The highest BCUT2D eigenvalue weighted by Crippen LogP contribution is 2.38. The Balaban J connectivity index is 1.61. The van der Waals surface area contributed by atoms with Crippen LogP contribution < -0.4 is 10.4 Å². The molecule has 0 saturated carbocycles. The van der Waals surface area contributed by atoms with Gasteiger partial charge in [-0.3, -0.25) is 0 Å². The van der Waals surface area contributed by atoms with Crippen LogP contribution in [-0.2, 0) is 0 Å². The van der Waals surface area contributed by atoms with Crippen molar-refractivity contribution in [3.63, 3.8) is 0 Å². The monoisotopic (exact) mass is 386 g/mol. The molecule has 2 aromatic carbocycles. The van der Waals surface area contributed by atoms with Gasteiger partial charge < -0.3 is 0 Å². The van der Waals surface area contributed by atoms with Gasteiger partial charge in [-0.1, -0.05) is 97.2 Å². The van der Waals surface area contributed by atoms with Crippen molar-refractivity contribution in [1.29, 1.82) is 0 Å². The Kier molecular flexibility index (Phi) is 4.30. The minimum atomic E-state index is 0.442. The molecular formula is C30H26. The molecule has 3 unspecified atom stereocenters. The predicted molar refractivity (Wildman–Crippen MR) is 128 cm³/mol. The summed E-state index contributed by atoms with van der Waals surface area (Å²) in [5.41, 5.74) is 7.07. The number of fused-ring (bicyclic) bond motifs is 5. The van der Waals surface area contributed by atoms with Crippen LogP contribution in [0, 0.1) is 11.8 Å². The number of allylic oxidation sites excluding steroid dienone is 9. The maximum absolute atomic E-state index is 2.54. The summed E-state index contributed by atoms with van der Waals surface area (Å²) < 4.78 is 0. The molecule has 0 heteroatoms. The van der Waals surface area contributed by atoms with Crippen molar-refractivity contribution in [3.05, 3.63) is 112 Å². The van der Waals surface area contributed by atoms with Gasteiger partial charge in [0.1, 0.15) is 0 Å². The Bertz CT molecular complexity index is 1260. The predicted octanol–water partition coefficient (Wildman–Crippen LogP) is 6.06. The molecule has 2 aromatic rings. The van der Waals surface area contributed by atoms with E-state index in [0.717, 1.165) is 6.42 Å². The Morgan fingerprint density at radius 3 is 2.57 bits per heavy atom. The van der Waals surface area contributed by atoms with Gasteiger partial charge in [-0.05, 0) is 63.6 Å². The van der Waals surface area contributed by atoms with Gasteiger partial charge >= 0.3 is 0 Å². The van der Waals surface area contributed by atoms with Crippen LogP contribution in [0.2, 0.25) is 0 Å². The summed E-state index contributed by atoms with van der Waals surface area (Å²) in [6.07, 6.45) is 29.4. The second-order valence-corrected chi connectivity index (χ2v) is 8.75. The first kappa shape index (κ1) is 17.7. The molecule has 0 N–H and O–H groups in total. The minimum Gasteiger partial charge on any atom is -0.0839 e. The Morgan fingerprint density at radius 1 is 0.800 bits per heavy atom. The van der Waals surface area contributed by atoms with Crippen LogP contribution in [0.4, 0.5) is 0 Å². The molecule has 0 radical (unpaired) electrons. The molecule has 6 rings (SSSR count). The van der Waals surface area contributed by atoms with Crippen molar-refractivity contribution in [3.8, 4) is 11.1 Å².